The minimum atomic E-state index is -0.212. The summed E-state index contributed by atoms with van der Waals surface area (Å²) in [5.41, 5.74) is 0. The van der Waals surface area contributed by atoms with E-state index < -0.39 is 0 Å². The van der Waals surface area contributed by atoms with Crippen LogP contribution in [0.1, 0.15) is 24.3 Å². The zero-order valence-corrected chi connectivity index (χ0v) is 9.07. The Bertz CT molecular complexity index is 299. The Morgan fingerprint density at radius 1 is 1.33 bits per heavy atom. The van der Waals surface area contributed by atoms with E-state index in [9.17, 15) is 0 Å². The van der Waals surface area contributed by atoms with E-state index in [1.54, 1.807) is 0 Å². The van der Waals surface area contributed by atoms with Gasteiger partial charge in [-0.1, -0.05) is 0 Å². The smallest absolute Gasteiger partial charge is 0.247 e. The van der Waals surface area contributed by atoms with Gasteiger partial charge in [0.2, 0.25) is 11.8 Å². The molecular formula is C9H13ClN2O3. The molecule has 1 aromatic rings. The summed E-state index contributed by atoms with van der Waals surface area (Å²) in [4.78, 5) is 0. The lowest BCUT2D eigenvalue weighted by molar-refractivity contribution is -0.0999. The Morgan fingerprint density at radius 2 is 2.27 bits per heavy atom. The average Bonchev–Trinajstić information content (AvgIpc) is 2.76. The Hall–Kier alpha value is -0.650. The highest BCUT2D eigenvalue weighted by Gasteiger charge is 2.22. The van der Waals surface area contributed by atoms with E-state index in [4.69, 9.17) is 25.5 Å². The third-order valence-electron chi connectivity index (χ3n) is 2.10. The number of aromatic nitrogens is 2. The third-order valence-corrected chi connectivity index (χ3v) is 2.37. The lowest BCUT2D eigenvalue weighted by Gasteiger charge is -2.19. The van der Waals surface area contributed by atoms with Crippen LogP contribution >= 0.6 is 11.6 Å². The lowest BCUT2D eigenvalue weighted by atomic mass is 10.3. The molecule has 2 heterocycles. The fourth-order valence-corrected chi connectivity index (χ4v) is 1.48. The summed E-state index contributed by atoms with van der Waals surface area (Å²) in [6, 6.07) is 0. The van der Waals surface area contributed by atoms with Crippen LogP contribution in [-0.4, -0.2) is 35.9 Å². The van der Waals surface area contributed by atoms with Gasteiger partial charge in [-0.15, -0.1) is 21.8 Å². The fourth-order valence-electron chi connectivity index (χ4n) is 1.35. The second kappa shape index (κ2) is 5.44. The quantitative estimate of drug-likeness (QED) is 0.733. The van der Waals surface area contributed by atoms with Crippen molar-refractivity contribution >= 4 is 11.6 Å². The van der Waals surface area contributed by atoms with Crippen molar-refractivity contribution in [3.8, 4) is 0 Å². The molecule has 1 fully saturated rings. The highest BCUT2D eigenvalue weighted by atomic mass is 35.5. The summed E-state index contributed by atoms with van der Waals surface area (Å²) < 4.78 is 16.1. The first-order valence-corrected chi connectivity index (χ1v) is 5.51. The van der Waals surface area contributed by atoms with Crippen LogP contribution in [0.15, 0.2) is 4.42 Å². The van der Waals surface area contributed by atoms with Gasteiger partial charge in [-0.05, 0) is 6.42 Å². The number of aryl methyl sites for hydroxylation is 1. The van der Waals surface area contributed by atoms with Gasteiger partial charge in [-0.3, -0.25) is 0 Å². The average molecular weight is 233 g/mol. The van der Waals surface area contributed by atoms with Gasteiger partial charge in [0.15, 0.2) is 6.10 Å². The van der Waals surface area contributed by atoms with Gasteiger partial charge in [-0.25, -0.2) is 0 Å². The Morgan fingerprint density at radius 3 is 3.00 bits per heavy atom. The van der Waals surface area contributed by atoms with Crippen LogP contribution in [0.2, 0.25) is 0 Å². The predicted octanol–water partition coefficient (Wildman–Crippen LogP) is 1.33. The Balaban J connectivity index is 1.93. The molecule has 1 atom stereocenters. The van der Waals surface area contributed by atoms with Gasteiger partial charge in [-0.2, -0.15) is 0 Å². The van der Waals surface area contributed by atoms with Crippen LogP contribution in [0.3, 0.4) is 0 Å². The fraction of sp³-hybridized carbons (Fsp3) is 0.778. The number of hydrogen-bond donors (Lipinski definition) is 0. The summed E-state index contributed by atoms with van der Waals surface area (Å²) in [5, 5.41) is 7.85. The maximum Gasteiger partial charge on any atom is 0.247 e. The van der Waals surface area contributed by atoms with E-state index in [2.05, 4.69) is 10.2 Å². The van der Waals surface area contributed by atoms with E-state index in [1.807, 2.05) is 0 Å². The van der Waals surface area contributed by atoms with Crippen molar-refractivity contribution < 1.29 is 13.9 Å². The Kier molecular flexibility index (Phi) is 3.94. The summed E-state index contributed by atoms with van der Waals surface area (Å²) in [6.07, 6.45) is 1.34. The van der Waals surface area contributed by atoms with E-state index in [0.717, 1.165) is 6.42 Å². The molecule has 0 saturated carbocycles. The third kappa shape index (κ3) is 2.90. The number of alkyl halides is 1. The number of ether oxygens (including phenoxy) is 2. The largest absolute Gasteiger partial charge is 0.422 e. The monoisotopic (exact) mass is 232 g/mol. The van der Waals surface area contributed by atoms with Crippen molar-refractivity contribution in [1.29, 1.82) is 0 Å². The molecule has 0 aromatic carbocycles. The minimum Gasteiger partial charge on any atom is -0.422 e. The normalized spacial score (nSPS) is 21.8. The molecule has 1 unspecified atom stereocenters. The number of nitrogens with zero attached hydrogens (tertiary/aromatic N) is 2. The molecule has 6 heteroatoms. The summed E-state index contributed by atoms with van der Waals surface area (Å²) in [6.45, 7) is 1.69. The molecule has 1 saturated heterocycles. The first kappa shape index (κ1) is 10.9. The number of halogens is 1. The van der Waals surface area contributed by atoms with Crippen LogP contribution in [0.5, 0.6) is 0 Å². The highest BCUT2D eigenvalue weighted by molar-refractivity contribution is 6.17. The Labute approximate surface area is 92.7 Å². The first-order valence-electron chi connectivity index (χ1n) is 4.97. The second-order valence-electron chi connectivity index (χ2n) is 3.26. The highest BCUT2D eigenvalue weighted by Crippen LogP contribution is 2.19. The molecular weight excluding hydrogens is 220 g/mol. The molecule has 2 rings (SSSR count). The van der Waals surface area contributed by atoms with E-state index in [-0.39, 0.29) is 6.10 Å². The topological polar surface area (TPSA) is 57.4 Å². The van der Waals surface area contributed by atoms with Crippen molar-refractivity contribution in [3.05, 3.63) is 11.8 Å². The summed E-state index contributed by atoms with van der Waals surface area (Å²) >= 11 is 5.57. The molecule has 5 nitrogen and oxygen atoms in total. The number of hydrogen-bond acceptors (Lipinski definition) is 5. The molecule has 1 aromatic heterocycles. The van der Waals surface area contributed by atoms with Gasteiger partial charge >= 0.3 is 0 Å². The standard InChI is InChI=1S/C9H13ClN2O3/c10-3-1-2-8-11-12-9(15-8)7-6-13-4-5-14-7/h7H,1-6H2. The zero-order chi connectivity index (χ0) is 10.5. The molecule has 0 radical (unpaired) electrons. The minimum absolute atomic E-state index is 0.212. The zero-order valence-electron chi connectivity index (χ0n) is 8.32. The van der Waals surface area contributed by atoms with Crippen molar-refractivity contribution in [2.75, 3.05) is 25.7 Å². The molecule has 1 aliphatic rings. The maximum atomic E-state index is 5.57. The van der Waals surface area contributed by atoms with Crippen LogP contribution in [0, 0.1) is 0 Å². The van der Waals surface area contributed by atoms with Crippen molar-refractivity contribution in [3.63, 3.8) is 0 Å². The van der Waals surface area contributed by atoms with Crippen molar-refractivity contribution in [2.24, 2.45) is 0 Å². The van der Waals surface area contributed by atoms with Crippen LogP contribution in [0.4, 0.5) is 0 Å². The molecule has 0 bridgehead atoms. The summed E-state index contributed by atoms with van der Waals surface area (Å²) in [7, 11) is 0. The second-order valence-corrected chi connectivity index (χ2v) is 3.64. The molecule has 0 aliphatic carbocycles. The number of rotatable bonds is 4. The molecule has 0 spiro atoms. The van der Waals surface area contributed by atoms with Crippen molar-refractivity contribution in [1.82, 2.24) is 10.2 Å². The van der Waals surface area contributed by atoms with Crippen LogP contribution < -0.4 is 0 Å². The molecule has 15 heavy (non-hydrogen) atoms. The predicted molar refractivity (Wildman–Crippen MR) is 52.9 cm³/mol. The first-order chi connectivity index (χ1) is 7.40. The SMILES string of the molecule is ClCCCc1nnc(C2COCCO2)o1. The molecule has 1 aliphatic heterocycles. The van der Waals surface area contributed by atoms with E-state index in [0.29, 0.717) is 43.9 Å². The van der Waals surface area contributed by atoms with Crippen LogP contribution in [-0.2, 0) is 15.9 Å². The molecule has 84 valence electrons. The van der Waals surface area contributed by atoms with E-state index in [1.165, 1.54) is 0 Å². The lowest BCUT2D eigenvalue weighted by Crippen LogP contribution is -2.22. The van der Waals surface area contributed by atoms with Gasteiger partial charge < -0.3 is 13.9 Å². The maximum absolute atomic E-state index is 5.57. The summed E-state index contributed by atoms with van der Waals surface area (Å²) in [5.74, 6) is 1.71. The van der Waals surface area contributed by atoms with Gasteiger partial charge in [0.05, 0.1) is 19.8 Å². The van der Waals surface area contributed by atoms with Crippen molar-refractivity contribution in [2.45, 2.75) is 18.9 Å². The van der Waals surface area contributed by atoms with Gasteiger partial charge in [0.25, 0.3) is 0 Å². The van der Waals surface area contributed by atoms with Gasteiger partial charge in [0, 0.05) is 12.3 Å². The van der Waals surface area contributed by atoms with Gasteiger partial charge in [0.1, 0.15) is 0 Å². The molecule has 0 N–H and O–H groups in total. The van der Waals surface area contributed by atoms with E-state index >= 15 is 0 Å². The van der Waals surface area contributed by atoms with Crippen LogP contribution in [0.25, 0.3) is 0 Å². The molecule has 0 amide bonds.